The monoisotopic (exact) mass is 358 g/mol. The van der Waals surface area contributed by atoms with Crippen LogP contribution in [-0.4, -0.2) is 37.6 Å². The van der Waals surface area contributed by atoms with Crippen molar-refractivity contribution >= 4 is 9.84 Å². The number of hydrogen-bond donors (Lipinski definition) is 0. The summed E-state index contributed by atoms with van der Waals surface area (Å²) in [5, 5.41) is 0. The molecule has 5 heteroatoms. The molecule has 1 atom stereocenters. The fraction of sp³-hybridized carbons (Fsp3) is 0.450. The number of benzene rings is 1. The lowest BCUT2D eigenvalue weighted by Crippen LogP contribution is -2.35. The SMILES string of the molecule is Cc1ccc(CC2CCCN(Cc3ccc(S(C)(=O)=O)cc3)C2)cn1. The van der Waals surface area contributed by atoms with Crippen molar-refractivity contribution in [1.82, 2.24) is 9.88 Å². The van der Waals surface area contributed by atoms with E-state index >= 15 is 0 Å². The smallest absolute Gasteiger partial charge is 0.175 e. The molecule has 0 N–H and O–H groups in total. The van der Waals surface area contributed by atoms with Gasteiger partial charge in [0.25, 0.3) is 0 Å². The van der Waals surface area contributed by atoms with Gasteiger partial charge >= 0.3 is 0 Å². The van der Waals surface area contributed by atoms with E-state index in [1.54, 1.807) is 12.1 Å². The third-order valence-corrected chi connectivity index (χ3v) is 5.99. The van der Waals surface area contributed by atoms with E-state index in [2.05, 4.69) is 22.0 Å². The second-order valence-corrected chi connectivity index (χ2v) is 9.19. The zero-order chi connectivity index (χ0) is 17.9. The first-order valence-electron chi connectivity index (χ1n) is 8.83. The van der Waals surface area contributed by atoms with Gasteiger partial charge in [-0.15, -0.1) is 0 Å². The van der Waals surface area contributed by atoms with Gasteiger partial charge in [-0.05, 0) is 68.0 Å². The molecule has 0 amide bonds. The van der Waals surface area contributed by atoms with Crippen LogP contribution < -0.4 is 0 Å². The van der Waals surface area contributed by atoms with E-state index in [9.17, 15) is 8.42 Å². The van der Waals surface area contributed by atoms with Gasteiger partial charge in [-0.1, -0.05) is 18.2 Å². The Balaban J connectivity index is 1.59. The summed E-state index contributed by atoms with van der Waals surface area (Å²) in [6.45, 7) is 5.09. The maximum absolute atomic E-state index is 11.6. The Labute approximate surface area is 150 Å². The molecule has 1 unspecified atom stereocenters. The number of aryl methyl sites for hydroxylation is 1. The number of hydrogen-bond acceptors (Lipinski definition) is 4. The zero-order valence-electron chi connectivity index (χ0n) is 15.0. The molecule has 2 heterocycles. The summed E-state index contributed by atoms with van der Waals surface area (Å²) in [6.07, 6.45) is 6.80. The second-order valence-electron chi connectivity index (χ2n) is 7.17. The van der Waals surface area contributed by atoms with Gasteiger partial charge in [-0.3, -0.25) is 9.88 Å². The van der Waals surface area contributed by atoms with Gasteiger partial charge in [0, 0.05) is 31.2 Å². The number of sulfone groups is 1. The largest absolute Gasteiger partial charge is 0.299 e. The molecule has 0 bridgehead atoms. The Morgan fingerprint density at radius 2 is 1.84 bits per heavy atom. The maximum atomic E-state index is 11.6. The number of aromatic nitrogens is 1. The highest BCUT2D eigenvalue weighted by molar-refractivity contribution is 7.90. The Bertz CT molecular complexity index is 799. The van der Waals surface area contributed by atoms with E-state index < -0.39 is 9.84 Å². The van der Waals surface area contributed by atoms with Crippen LogP contribution in [0.2, 0.25) is 0 Å². The van der Waals surface area contributed by atoms with Gasteiger partial charge < -0.3 is 0 Å². The van der Waals surface area contributed by atoms with Crippen molar-refractivity contribution in [1.29, 1.82) is 0 Å². The highest BCUT2D eigenvalue weighted by Gasteiger charge is 2.20. The molecule has 1 fully saturated rings. The molecule has 1 saturated heterocycles. The average Bonchev–Trinajstić information content (AvgIpc) is 2.57. The first-order chi connectivity index (χ1) is 11.9. The predicted octanol–water partition coefficient (Wildman–Crippen LogP) is 3.25. The average molecular weight is 359 g/mol. The molecule has 3 rings (SSSR count). The van der Waals surface area contributed by atoms with Crippen molar-refractivity contribution in [2.45, 2.75) is 37.6 Å². The van der Waals surface area contributed by atoms with Gasteiger partial charge in [0.1, 0.15) is 0 Å². The Morgan fingerprint density at radius 3 is 2.48 bits per heavy atom. The molecule has 4 nitrogen and oxygen atoms in total. The standard InChI is InChI=1S/C20H26N2O2S/c1-16-5-6-18(13-21-16)12-19-4-3-11-22(15-19)14-17-7-9-20(10-8-17)25(2,23)24/h5-10,13,19H,3-4,11-12,14-15H2,1-2H3. The van der Waals surface area contributed by atoms with Crippen LogP contribution in [0.4, 0.5) is 0 Å². The molecule has 1 aromatic carbocycles. The predicted molar refractivity (Wildman–Crippen MR) is 100 cm³/mol. The Kier molecular flexibility index (Phi) is 5.54. The van der Waals surface area contributed by atoms with Crippen LogP contribution in [0.15, 0.2) is 47.5 Å². The van der Waals surface area contributed by atoms with Gasteiger partial charge in [-0.2, -0.15) is 0 Å². The molecule has 1 aromatic heterocycles. The summed E-state index contributed by atoms with van der Waals surface area (Å²) in [5.41, 5.74) is 3.55. The quantitative estimate of drug-likeness (QED) is 0.823. The van der Waals surface area contributed by atoms with E-state index in [1.165, 1.54) is 30.2 Å². The molecule has 1 aliphatic heterocycles. The molecule has 2 aromatic rings. The summed E-state index contributed by atoms with van der Waals surface area (Å²) < 4.78 is 23.1. The maximum Gasteiger partial charge on any atom is 0.175 e. The molecular formula is C20H26N2O2S. The van der Waals surface area contributed by atoms with Gasteiger partial charge in [0.05, 0.1) is 4.90 Å². The second kappa shape index (κ2) is 7.67. The molecule has 134 valence electrons. The first kappa shape index (κ1) is 18.1. The van der Waals surface area contributed by atoms with Gasteiger partial charge in [-0.25, -0.2) is 8.42 Å². The summed E-state index contributed by atoms with van der Waals surface area (Å²) in [5.74, 6) is 0.661. The normalized spacial score (nSPS) is 19.0. The van der Waals surface area contributed by atoms with Crippen LogP contribution in [0.3, 0.4) is 0 Å². The summed E-state index contributed by atoms with van der Waals surface area (Å²) in [4.78, 5) is 7.26. The van der Waals surface area contributed by atoms with E-state index in [0.717, 1.165) is 31.7 Å². The fourth-order valence-electron chi connectivity index (χ4n) is 3.51. The van der Waals surface area contributed by atoms with E-state index in [-0.39, 0.29) is 0 Å². The van der Waals surface area contributed by atoms with Gasteiger partial charge in [0.2, 0.25) is 0 Å². The lowest BCUT2D eigenvalue weighted by atomic mass is 9.91. The molecule has 1 aliphatic rings. The summed E-state index contributed by atoms with van der Waals surface area (Å²) in [6, 6.07) is 11.6. The molecule has 0 spiro atoms. The van der Waals surface area contributed by atoms with Crippen LogP contribution in [0.25, 0.3) is 0 Å². The summed E-state index contributed by atoms with van der Waals surface area (Å²) >= 11 is 0. The highest BCUT2D eigenvalue weighted by Crippen LogP contribution is 2.22. The third-order valence-electron chi connectivity index (χ3n) is 4.86. The van der Waals surface area contributed by atoms with Crippen LogP contribution in [0, 0.1) is 12.8 Å². The van der Waals surface area contributed by atoms with E-state index in [1.807, 2.05) is 25.3 Å². The van der Waals surface area contributed by atoms with Crippen molar-refractivity contribution in [3.05, 3.63) is 59.4 Å². The molecule has 0 saturated carbocycles. The number of rotatable bonds is 5. The topological polar surface area (TPSA) is 50.3 Å². The Hall–Kier alpha value is -1.72. The molecule has 0 radical (unpaired) electrons. The minimum absolute atomic E-state index is 0.389. The number of nitrogens with zero attached hydrogens (tertiary/aromatic N) is 2. The van der Waals surface area contributed by atoms with Crippen LogP contribution in [0.1, 0.15) is 29.7 Å². The minimum atomic E-state index is -3.12. The fourth-order valence-corrected chi connectivity index (χ4v) is 4.14. The van der Waals surface area contributed by atoms with Crippen molar-refractivity contribution in [2.24, 2.45) is 5.92 Å². The lowest BCUT2D eigenvalue weighted by Gasteiger charge is -2.33. The lowest BCUT2D eigenvalue weighted by molar-refractivity contribution is 0.167. The number of likely N-dealkylation sites (tertiary alicyclic amines) is 1. The van der Waals surface area contributed by atoms with Crippen molar-refractivity contribution < 1.29 is 8.42 Å². The highest BCUT2D eigenvalue weighted by atomic mass is 32.2. The number of piperidine rings is 1. The first-order valence-corrected chi connectivity index (χ1v) is 10.7. The van der Waals surface area contributed by atoms with E-state index in [4.69, 9.17) is 0 Å². The van der Waals surface area contributed by atoms with Crippen molar-refractivity contribution in [3.63, 3.8) is 0 Å². The minimum Gasteiger partial charge on any atom is -0.299 e. The van der Waals surface area contributed by atoms with Crippen LogP contribution in [0.5, 0.6) is 0 Å². The Morgan fingerprint density at radius 1 is 1.12 bits per heavy atom. The zero-order valence-corrected chi connectivity index (χ0v) is 15.8. The van der Waals surface area contributed by atoms with Crippen LogP contribution in [-0.2, 0) is 22.8 Å². The van der Waals surface area contributed by atoms with Crippen LogP contribution >= 0.6 is 0 Å². The number of pyridine rings is 1. The van der Waals surface area contributed by atoms with E-state index in [0.29, 0.717) is 10.8 Å². The summed E-state index contributed by atoms with van der Waals surface area (Å²) in [7, 11) is -3.12. The van der Waals surface area contributed by atoms with Crippen molar-refractivity contribution in [3.8, 4) is 0 Å². The van der Waals surface area contributed by atoms with Gasteiger partial charge in [0.15, 0.2) is 9.84 Å². The molecule has 25 heavy (non-hydrogen) atoms. The third kappa shape index (κ3) is 5.13. The molecule has 0 aliphatic carbocycles. The van der Waals surface area contributed by atoms with Crippen molar-refractivity contribution in [2.75, 3.05) is 19.3 Å². The molecular weight excluding hydrogens is 332 g/mol.